The first kappa shape index (κ1) is 13.5. The summed E-state index contributed by atoms with van der Waals surface area (Å²) in [6.07, 6.45) is 0. The number of rotatable bonds is 4. The van der Waals surface area contributed by atoms with E-state index in [0.717, 1.165) is 6.54 Å². The molecular formula is C15H25N3. The molecule has 1 aliphatic heterocycles. The predicted octanol–water partition coefficient (Wildman–Crippen LogP) is 1.67. The Morgan fingerprint density at radius 1 is 1.17 bits per heavy atom. The van der Waals surface area contributed by atoms with Gasteiger partial charge in [-0.3, -0.25) is 9.80 Å². The van der Waals surface area contributed by atoms with Crippen LogP contribution < -0.4 is 5.73 Å². The first-order chi connectivity index (χ1) is 8.72. The Kier molecular flexibility index (Phi) is 4.75. The first-order valence-electron chi connectivity index (χ1n) is 6.97. The van der Waals surface area contributed by atoms with Crippen molar-refractivity contribution in [2.75, 3.05) is 26.2 Å². The van der Waals surface area contributed by atoms with Crippen molar-refractivity contribution in [3.63, 3.8) is 0 Å². The molecule has 1 aliphatic rings. The highest BCUT2D eigenvalue weighted by molar-refractivity contribution is 5.22. The third-order valence-corrected chi connectivity index (χ3v) is 3.92. The van der Waals surface area contributed by atoms with E-state index in [-0.39, 0.29) is 0 Å². The molecule has 0 aliphatic carbocycles. The van der Waals surface area contributed by atoms with Crippen molar-refractivity contribution < 1.29 is 0 Å². The van der Waals surface area contributed by atoms with Gasteiger partial charge in [0.1, 0.15) is 0 Å². The smallest absolute Gasteiger partial charge is 0.0234 e. The minimum Gasteiger partial charge on any atom is -0.326 e. The van der Waals surface area contributed by atoms with Gasteiger partial charge in [-0.05, 0) is 24.6 Å². The lowest BCUT2D eigenvalue weighted by Gasteiger charge is -2.39. The molecule has 1 fully saturated rings. The van der Waals surface area contributed by atoms with Gasteiger partial charge in [-0.15, -0.1) is 0 Å². The summed E-state index contributed by atoms with van der Waals surface area (Å²) in [4.78, 5) is 5.10. The normalized spacial score (nSPS) is 22.3. The van der Waals surface area contributed by atoms with Crippen molar-refractivity contribution in [3.8, 4) is 0 Å². The number of benzene rings is 1. The molecular weight excluding hydrogens is 222 g/mol. The van der Waals surface area contributed by atoms with Gasteiger partial charge in [-0.2, -0.15) is 0 Å². The second-order valence-corrected chi connectivity index (χ2v) is 5.23. The molecule has 0 bridgehead atoms. The lowest BCUT2D eigenvalue weighted by Crippen LogP contribution is -2.51. The van der Waals surface area contributed by atoms with E-state index in [1.54, 1.807) is 0 Å². The fraction of sp³-hybridized carbons (Fsp3) is 0.600. The van der Waals surface area contributed by atoms with Crippen LogP contribution in [-0.4, -0.2) is 42.0 Å². The van der Waals surface area contributed by atoms with Crippen LogP contribution in [0.3, 0.4) is 0 Å². The highest BCUT2D eigenvalue weighted by Crippen LogP contribution is 2.13. The Labute approximate surface area is 111 Å². The van der Waals surface area contributed by atoms with Gasteiger partial charge in [0.05, 0.1) is 0 Å². The van der Waals surface area contributed by atoms with Crippen LogP contribution in [0.4, 0.5) is 0 Å². The van der Waals surface area contributed by atoms with E-state index in [4.69, 9.17) is 5.73 Å². The number of likely N-dealkylation sites (N-methyl/N-ethyl adjacent to an activating group) is 1. The van der Waals surface area contributed by atoms with Crippen LogP contribution in [-0.2, 0) is 13.1 Å². The molecule has 1 unspecified atom stereocenters. The monoisotopic (exact) mass is 247 g/mol. The van der Waals surface area contributed by atoms with Crippen molar-refractivity contribution in [1.82, 2.24) is 9.80 Å². The molecule has 2 N–H and O–H groups in total. The Hall–Kier alpha value is -0.900. The molecule has 2 rings (SSSR count). The number of nitrogens with zero attached hydrogens (tertiary/aromatic N) is 2. The number of nitrogens with two attached hydrogens (primary N) is 1. The minimum atomic E-state index is 0.631. The van der Waals surface area contributed by atoms with E-state index in [0.29, 0.717) is 12.6 Å². The summed E-state index contributed by atoms with van der Waals surface area (Å²) in [5.74, 6) is 0. The van der Waals surface area contributed by atoms with E-state index in [9.17, 15) is 0 Å². The quantitative estimate of drug-likeness (QED) is 0.878. The van der Waals surface area contributed by atoms with Crippen LogP contribution in [0, 0.1) is 0 Å². The van der Waals surface area contributed by atoms with Crippen molar-refractivity contribution in [3.05, 3.63) is 35.4 Å². The zero-order chi connectivity index (χ0) is 13.0. The molecule has 1 heterocycles. The summed E-state index contributed by atoms with van der Waals surface area (Å²) >= 11 is 0. The van der Waals surface area contributed by atoms with E-state index in [1.165, 1.54) is 37.3 Å². The van der Waals surface area contributed by atoms with Crippen molar-refractivity contribution in [2.45, 2.75) is 33.0 Å². The molecule has 1 aromatic carbocycles. The number of hydrogen-bond acceptors (Lipinski definition) is 3. The van der Waals surface area contributed by atoms with Gasteiger partial charge in [0, 0.05) is 38.8 Å². The molecule has 1 aromatic rings. The number of hydrogen-bond donors (Lipinski definition) is 1. The maximum atomic E-state index is 5.62. The molecule has 100 valence electrons. The lowest BCUT2D eigenvalue weighted by molar-refractivity contribution is 0.0834. The topological polar surface area (TPSA) is 32.5 Å². The molecule has 1 saturated heterocycles. The molecule has 0 amide bonds. The highest BCUT2D eigenvalue weighted by atomic mass is 15.3. The second kappa shape index (κ2) is 6.32. The van der Waals surface area contributed by atoms with Crippen molar-refractivity contribution >= 4 is 0 Å². The maximum Gasteiger partial charge on any atom is 0.0234 e. The summed E-state index contributed by atoms with van der Waals surface area (Å²) < 4.78 is 0. The second-order valence-electron chi connectivity index (χ2n) is 5.23. The predicted molar refractivity (Wildman–Crippen MR) is 76.3 cm³/mol. The Bertz CT molecular complexity index is 361. The fourth-order valence-electron chi connectivity index (χ4n) is 2.72. The van der Waals surface area contributed by atoms with Crippen LogP contribution in [0.15, 0.2) is 24.3 Å². The van der Waals surface area contributed by atoms with E-state index in [2.05, 4.69) is 47.9 Å². The van der Waals surface area contributed by atoms with Gasteiger partial charge in [0.15, 0.2) is 0 Å². The van der Waals surface area contributed by atoms with Gasteiger partial charge >= 0.3 is 0 Å². The zero-order valence-corrected chi connectivity index (χ0v) is 11.6. The van der Waals surface area contributed by atoms with Crippen LogP contribution in [0.1, 0.15) is 25.0 Å². The largest absolute Gasteiger partial charge is 0.326 e. The van der Waals surface area contributed by atoms with Gasteiger partial charge in [-0.1, -0.05) is 31.2 Å². The van der Waals surface area contributed by atoms with Crippen molar-refractivity contribution in [2.24, 2.45) is 5.73 Å². The summed E-state index contributed by atoms with van der Waals surface area (Å²) in [6.45, 7) is 11.0. The van der Waals surface area contributed by atoms with E-state index >= 15 is 0 Å². The van der Waals surface area contributed by atoms with Gasteiger partial charge in [-0.25, -0.2) is 0 Å². The highest BCUT2D eigenvalue weighted by Gasteiger charge is 2.21. The lowest BCUT2D eigenvalue weighted by atomic mass is 10.1. The summed E-state index contributed by atoms with van der Waals surface area (Å²) in [5, 5.41) is 0. The summed E-state index contributed by atoms with van der Waals surface area (Å²) in [5.41, 5.74) is 8.22. The maximum absolute atomic E-state index is 5.62. The molecule has 0 aromatic heterocycles. The van der Waals surface area contributed by atoms with Crippen LogP contribution in [0.25, 0.3) is 0 Å². The molecule has 18 heavy (non-hydrogen) atoms. The first-order valence-corrected chi connectivity index (χ1v) is 6.97. The Morgan fingerprint density at radius 2 is 1.83 bits per heavy atom. The average Bonchev–Trinajstić information content (AvgIpc) is 2.40. The molecule has 3 heteroatoms. The molecule has 1 atom stereocenters. The van der Waals surface area contributed by atoms with Crippen LogP contribution in [0.5, 0.6) is 0 Å². The third kappa shape index (κ3) is 3.31. The van der Waals surface area contributed by atoms with Gasteiger partial charge in [0.25, 0.3) is 0 Å². The molecule has 0 radical (unpaired) electrons. The van der Waals surface area contributed by atoms with Crippen molar-refractivity contribution in [1.29, 1.82) is 0 Å². The third-order valence-electron chi connectivity index (χ3n) is 3.92. The molecule has 0 spiro atoms. The summed E-state index contributed by atoms with van der Waals surface area (Å²) in [7, 11) is 0. The Morgan fingerprint density at radius 3 is 2.39 bits per heavy atom. The zero-order valence-electron chi connectivity index (χ0n) is 11.6. The fourth-order valence-corrected chi connectivity index (χ4v) is 2.72. The van der Waals surface area contributed by atoms with Crippen LogP contribution >= 0.6 is 0 Å². The average molecular weight is 247 g/mol. The number of piperazine rings is 1. The van der Waals surface area contributed by atoms with E-state index in [1.807, 2.05) is 0 Å². The summed E-state index contributed by atoms with van der Waals surface area (Å²) in [6, 6.07) is 9.37. The van der Waals surface area contributed by atoms with E-state index < -0.39 is 0 Å². The Balaban J connectivity index is 1.89. The standard InChI is InChI=1S/C15H25N3/c1-3-18-9-8-17(11-13(18)2)12-15-6-4-14(10-16)5-7-15/h4-7,13H,3,8-12,16H2,1-2H3. The van der Waals surface area contributed by atoms with Gasteiger partial charge < -0.3 is 5.73 Å². The minimum absolute atomic E-state index is 0.631. The SMILES string of the molecule is CCN1CCN(Cc2ccc(CN)cc2)CC1C. The molecule has 0 saturated carbocycles. The molecule has 3 nitrogen and oxygen atoms in total. The van der Waals surface area contributed by atoms with Crippen LogP contribution in [0.2, 0.25) is 0 Å². The van der Waals surface area contributed by atoms with Gasteiger partial charge in [0.2, 0.25) is 0 Å².